The van der Waals surface area contributed by atoms with Gasteiger partial charge in [-0.15, -0.1) is 0 Å². The minimum absolute atomic E-state index is 0.0446. The summed E-state index contributed by atoms with van der Waals surface area (Å²) in [5.74, 6) is 0.741. The smallest absolute Gasteiger partial charge is 0.307 e. The van der Waals surface area contributed by atoms with E-state index >= 15 is 0 Å². The minimum atomic E-state index is -0.721. The van der Waals surface area contributed by atoms with Crippen LogP contribution in [0.25, 0.3) is 0 Å². The van der Waals surface area contributed by atoms with Crippen LogP contribution in [0.4, 0.5) is 0 Å². The molecule has 6 heteroatoms. The van der Waals surface area contributed by atoms with Crippen LogP contribution in [0.3, 0.4) is 0 Å². The monoisotopic (exact) mass is 399 g/mol. The van der Waals surface area contributed by atoms with E-state index in [0.29, 0.717) is 30.4 Å². The molecule has 0 radical (unpaired) electrons. The first-order chi connectivity index (χ1) is 14.0. The maximum Gasteiger partial charge on any atom is 0.307 e. The number of piperidine rings is 1. The molecule has 1 aliphatic heterocycles. The number of benzene rings is 2. The summed E-state index contributed by atoms with van der Waals surface area (Å²) >= 11 is 0. The van der Waals surface area contributed by atoms with Crippen LogP contribution in [0.2, 0.25) is 0 Å². The Kier molecular flexibility index (Phi) is 6.99. The van der Waals surface area contributed by atoms with Crippen LogP contribution < -0.4 is 14.2 Å². The molecule has 156 valence electrons. The summed E-state index contributed by atoms with van der Waals surface area (Å²) in [7, 11) is 3.22. The molecular weight excluding hydrogens is 370 g/mol. The third-order valence-electron chi connectivity index (χ3n) is 5.54. The normalized spacial score (nSPS) is 18.1. The quantitative estimate of drug-likeness (QED) is 0.720. The Hall–Kier alpha value is -2.73. The molecular formula is C23H29NO5. The van der Waals surface area contributed by atoms with E-state index < -0.39 is 5.97 Å². The lowest BCUT2D eigenvalue weighted by Gasteiger charge is -2.35. The van der Waals surface area contributed by atoms with Crippen LogP contribution in [0.1, 0.15) is 36.9 Å². The highest BCUT2D eigenvalue weighted by molar-refractivity contribution is 5.70. The lowest BCUT2D eigenvalue weighted by molar-refractivity contribution is -0.143. The largest absolute Gasteiger partial charge is 0.493 e. The molecule has 1 N–H and O–H groups in total. The number of aliphatic carboxylic acids is 1. The van der Waals surface area contributed by atoms with E-state index in [9.17, 15) is 9.90 Å². The maximum atomic E-state index is 11.4. The molecule has 1 aliphatic rings. The van der Waals surface area contributed by atoms with Gasteiger partial charge in [0.2, 0.25) is 5.75 Å². The summed E-state index contributed by atoms with van der Waals surface area (Å²) < 4.78 is 17.2. The molecule has 3 rings (SSSR count). The zero-order valence-corrected chi connectivity index (χ0v) is 17.3. The van der Waals surface area contributed by atoms with Gasteiger partial charge in [-0.3, -0.25) is 9.69 Å². The molecule has 1 saturated heterocycles. The standard InChI is InChI=1S/C23H29NO5/c1-16(24-11-7-10-18(14-24)23(25)26)19-12-20(27-2)22(21(13-19)28-3)29-15-17-8-5-4-6-9-17/h4-6,8-9,12-13,16,18H,7,10-11,14-15H2,1-3H3,(H,25,26). The van der Waals surface area contributed by atoms with Gasteiger partial charge in [0, 0.05) is 12.6 Å². The zero-order chi connectivity index (χ0) is 20.8. The second-order valence-corrected chi connectivity index (χ2v) is 7.38. The number of carbonyl (C=O) groups is 1. The fourth-order valence-corrected chi connectivity index (χ4v) is 3.78. The average molecular weight is 399 g/mol. The van der Waals surface area contributed by atoms with E-state index in [-0.39, 0.29) is 12.0 Å². The van der Waals surface area contributed by atoms with Gasteiger partial charge in [0.15, 0.2) is 11.5 Å². The summed E-state index contributed by atoms with van der Waals surface area (Å²) in [4.78, 5) is 13.6. The van der Waals surface area contributed by atoms with Crippen LogP contribution in [0.15, 0.2) is 42.5 Å². The van der Waals surface area contributed by atoms with Gasteiger partial charge in [0.1, 0.15) is 6.61 Å². The number of hydrogen-bond donors (Lipinski definition) is 1. The first-order valence-corrected chi connectivity index (χ1v) is 9.93. The fraction of sp³-hybridized carbons (Fsp3) is 0.435. The number of methoxy groups -OCH3 is 2. The highest BCUT2D eigenvalue weighted by atomic mass is 16.5. The van der Waals surface area contributed by atoms with Crippen molar-refractivity contribution in [1.82, 2.24) is 4.90 Å². The van der Waals surface area contributed by atoms with Crippen molar-refractivity contribution in [1.29, 1.82) is 0 Å². The van der Waals surface area contributed by atoms with E-state index in [0.717, 1.165) is 30.5 Å². The summed E-state index contributed by atoms with van der Waals surface area (Å²) in [5.41, 5.74) is 2.07. The fourth-order valence-electron chi connectivity index (χ4n) is 3.78. The molecule has 0 amide bonds. The van der Waals surface area contributed by atoms with Gasteiger partial charge >= 0.3 is 5.97 Å². The Morgan fingerprint density at radius 2 is 1.83 bits per heavy atom. The van der Waals surface area contributed by atoms with Crippen LogP contribution >= 0.6 is 0 Å². The van der Waals surface area contributed by atoms with Crippen LogP contribution in [-0.4, -0.2) is 43.3 Å². The van der Waals surface area contributed by atoms with E-state index in [1.807, 2.05) is 42.5 Å². The van der Waals surface area contributed by atoms with Crippen molar-refractivity contribution in [2.24, 2.45) is 5.92 Å². The molecule has 2 unspecified atom stereocenters. The van der Waals surface area contributed by atoms with Gasteiger partial charge in [-0.25, -0.2) is 0 Å². The van der Waals surface area contributed by atoms with E-state index in [1.54, 1.807) is 14.2 Å². The Bertz CT molecular complexity index is 798. The number of hydrogen-bond acceptors (Lipinski definition) is 5. The number of ether oxygens (including phenoxy) is 3. The molecule has 2 aromatic rings. The van der Waals surface area contributed by atoms with E-state index in [4.69, 9.17) is 14.2 Å². The third-order valence-corrected chi connectivity index (χ3v) is 5.54. The molecule has 1 fully saturated rings. The molecule has 2 atom stereocenters. The van der Waals surface area contributed by atoms with Crippen molar-refractivity contribution >= 4 is 5.97 Å². The summed E-state index contributed by atoms with van der Waals surface area (Å²) in [6.07, 6.45) is 1.62. The van der Waals surface area contributed by atoms with Gasteiger partial charge in [0.05, 0.1) is 20.1 Å². The number of carboxylic acids is 1. The molecule has 1 heterocycles. The summed E-state index contributed by atoms with van der Waals surface area (Å²) in [5, 5.41) is 9.38. The Balaban J connectivity index is 1.82. The predicted octanol–water partition coefficient (Wildman–Crippen LogP) is 4.14. The highest BCUT2D eigenvalue weighted by Crippen LogP contribution is 2.41. The highest BCUT2D eigenvalue weighted by Gasteiger charge is 2.29. The Morgan fingerprint density at radius 1 is 1.17 bits per heavy atom. The van der Waals surface area contributed by atoms with Gasteiger partial charge in [-0.05, 0) is 49.6 Å². The van der Waals surface area contributed by atoms with Crippen molar-refractivity contribution in [3.63, 3.8) is 0 Å². The second-order valence-electron chi connectivity index (χ2n) is 7.38. The van der Waals surface area contributed by atoms with E-state index in [2.05, 4.69) is 11.8 Å². The Morgan fingerprint density at radius 3 is 2.41 bits per heavy atom. The molecule has 0 bridgehead atoms. The number of rotatable bonds is 8. The predicted molar refractivity (Wildman–Crippen MR) is 111 cm³/mol. The second kappa shape index (κ2) is 9.65. The number of nitrogens with zero attached hydrogens (tertiary/aromatic N) is 1. The average Bonchev–Trinajstić information content (AvgIpc) is 2.77. The first kappa shape index (κ1) is 21.0. The first-order valence-electron chi connectivity index (χ1n) is 9.93. The lowest BCUT2D eigenvalue weighted by atomic mass is 9.95. The molecule has 2 aromatic carbocycles. The van der Waals surface area contributed by atoms with Crippen molar-refractivity contribution in [3.8, 4) is 17.2 Å². The van der Waals surface area contributed by atoms with Gasteiger partial charge < -0.3 is 19.3 Å². The summed E-state index contributed by atoms with van der Waals surface area (Å²) in [6, 6.07) is 13.9. The zero-order valence-electron chi connectivity index (χ0n) is 17.3. The number of likely N-dealkylation sites (tertiary alicyclic amines) is 1. The van der Waals surface area contributed by atoms with Crippen molar-refractivity contribution in [3.05, 3.63) is 53.6 Å². The van der Waals surface area contributed by atoms with Gasteiger partial charge in [-0.1, -0.05) is 30.3 Å². The Labute approximate surface area is 172 Å². The molecule has 0 saturated carbocycles. The number of carboxylic acid groups (broad SMARTS) is 1. The van der Waals surface area contributed by atoms with Crippen LogP contribution in [0, 0.1) is 5.92 Å². The van der Waals surface area contributed by atoms with Crippen molar-refractivity contribution in [2.75, 3.05) is 27.3 Å². The van der Waals surface area contributed by atoms with E-state index in [1.165, 1.54) is 0 Å². The van der Waals surface area contributed by atoms with Crippen molar-refractivity contribution < 1.29 is 24.1 Å². The molecule has 29 heavy (non-hydrogen) atoms. The molecule has 0 spiro atoms. The molecule has 0 aliphatic carbocycles. The minimum Gasteiger partial charge on any atom is -0.493 e. The van der Waals surface area contributed by atoms with Gasteiger partial charge in [0.25, 0.3) is 0 Å². The summed E-state index contributed by atoms with van der Waals surface area (Å²) in [6.45, 7) is 3.92. The lowest BCUT2D eigenvalue weighted by Crippen LogP contribution is -2.40. The van der Waals surface area contributed by atoms with Crippen LogP contribution in [-0.2, 0) is 11.4 Å². The molecule has 0 aromatic heterocycles. The third kappa shape index (κ3) is 5.01. The topological polar surface area (TPSA) is 68.2 Å². The SMILES string of the molecule is COc1cc(C(C)N2CCCC(C(=O)O)C2)cc(OC)c1OCc1ccccc1. The van der Waals surface area contributed by atoms with Gasteiger partial charge in [-0.2, -0.15) is 0 Å². The van der Waals surface area contributed by atoms with Crippen LogP contribution in [0.5, 0.6) is 17.2 Å². The molecule has 6 nitrogen and oxygen atoms in total. The van der Waals surface area contributed by atoms with Crippen molar-refractivity contribution in [2.45, 2.75) is 32.4 Å². The maximum absolute atomic E-state index is 11.4.